The maximum absolute atomic E-state index is 10.3. The first-order chi connectivity index (χ1) is 12.0. The molecular formula is C20H41NO4. The van der Waals surface area contributed by atoms with E-state index in [-0.39, 0.29) is 0 Å². The van der Waals surface area contributed by atoms with Crippen LogP contribution in [0.15, 0.2) is 0 Å². The molecule has 0 aliphatic heterocycles. The second kappa shape index (κ2) is 20.9. The molecule has 0 spiro atoms. The van der Waals surface area contributed by atoms with Gasteiger partial charge in [0.15, 0.2) is 0 Å². The van der Waals surface area contributed by atoms with Gasteiger partial charge in [0, 0.05) is 6.42 Å². The summed E-state index contributed by atoms with van der Waals surface area (Å²) in [5, 5.41) is 16.9. The fourth-order valence-electron chi connectivity index (χ4n) is 2.50. The number of rotatable bonds is 16. The molecule has 0 saturated heterocycles. The van der Waals surface area contributed by atoms with Crippen LogP contribution in [0.4, 0.5) is 0 Å². The lowest BCUT2D eigenvalue weighted by molar-refractivity contribution is -0.139. The van der Waals surface area contributed by atoms with Crippen LogP contribution in [0, 0.1) is 0 Å². The quantitative estimate of drug-likeness (QED) is 0.322. The SMILES string of the molecule is CCCCCCCCC(N)C(=O)O.CCCCCCCCCC(=O)O. The number of unbranched alkanes of at least 4 members (excludes halogenated alkanes) is 11. The molecule has 4 N–H and O–H groups in total. The maximum Gasteiger partial charge on any atom is 0.320 e. The van der Waals surface area contributed by atoms with Gasteiger partial charge in [-0.1, -0.05) is 90.9 Å². The van der Waals surface area contributed by atoms with Crippen molar-refractivity contribution in [2.24, 2.45) is 5.73 Å². The molecule has 1 unspecified atom stereocenters. The van der Waals surface area contributed by atoms with Crippen LogP contribution in [0.2, 0.25) is 0 Å². The molecule has 0 aromatic heterocycles. The van der Waals surface area contributed by atoms with Crippen molar-refractivity contribution in [3.8, 4) is 0 Å². The molecule has 0 aromatic rings. The standard InChI is InChI=1S/C10H21NO2.C10H20O2/c1-2-3-4-5-6-7-8-9(11)10(12)13;1-2-3-4-5-6-7-8-9-10(11)12/h9H,2-8,11H2,1H3,(H,12,13);2-9H2,1H3,(H,11,12). The molecule has 0 fully saturated rings. The number of nitrogens with two attached hydrogens (primary N) is 1. The van der Waals surface area contributed by atoms with Crippen LogP contribution in [0.3, 0.4) is 0 Å². The van der Waals surface area contributed by atoms with E-state index in [9.17, 15) is 9.59 Å². The Morgan fingerprint density at radius 3 is 1.52 bits per heavy atom. The van der Waals surface area contributed by atoms with E-state index in [0.717, 1.165) is 25.7 Å². The van der Waals surface area contributed by atoms with E-state index in [0.29, 0.717) is 12.8 Å². The van der Waals surface area contributed by atoms with Crippen molar-refractivity contribution in [2.45, 2.75) is 116 Å². The highest BCUT2D eigenvalue weighted by atomic mass is 16.4. The van der Waals surface area contributed by atoms with E-state index in [1.807, 2.05) is 0 Å². The molecule has 0 radical (unpaired) electrons. The lowest BCUT2D eigenvalue weighted by Gasteiger charge is -2.05. The fraction of sp³-hybridized carbons (Fsp3) is 0.900. The second-order valence-electron chi connectivity index (χ2n) is 6.77. The van der Waals surface area contributed by atoms with Crippen LogP contribution >= 0.6 is 0 Å². The van der Waals surface area contributed by atoms with Crippen molar-refractivity contribution in [2.75, 3.05) is 0 Å². The van der Waals surface area contributed by atoms with E-state index in [1.165, 1.54) is 57.8 Å². The van der Waals surface area contributed by atoms with Gasteiger partial charge in [0.2, 0.25) is 0 Å². The summed E-state index contributed by atoms with van der Waals surface area (Å²) in [6, 6.07) is -0.661. The van der Waals surface area contributed by atoms with Crippen molar-refractivity contribution in [3.05, 3.63) is 0 Å². The monoisotopic (exact) mass is 359 g/mol. The molecule has 0 aromatic carbocycles. The summed E-state index contributed by atoms with van der Waals surface area (Å²) in [7, 11) is 0. The number of hydrogen-bond donors (Lipinski definition) is 3. The molecule has 0 amide bonds. The zero-order valence-electron chi connectivity index (χ0n) is 16.5. The number of carbonyl (C=O) groups is 2. The summed E-state index contributed by atoms with van der Waals surface area (Å²) >= 11 is 0. The number of aliphatic carboxylic acids is 2. The van der Waals surface area contributed by atoms with Gasteiger partial charge in [-0.15, -0.1) is 0 Å². The predicted octanol–water partition coefficient (Wildman–Crippen LogP) is 5.36. The molecule has 5 nitrogen and oxygen atoms in total. The number of hydrogen-bond acceptors (Lipinski definition) is 3. The normalized spacial score (nSPS) is 11.5. The average Bonchev–Trinajstić information content (AvgIpc) is 2.57. The molecular weight excluding hydrogens is 318 g/mol. The molecule has 0 heterocycles. The second-order valence-corrected chi connectivity index (χ2v) is 6.77. The third-order valence-electron chi connectivity index (χ3n) is 4.18. The Bertz CT molecular complexity index is 308. The van der Waals surface area contributed by atoms with E-state index in [2.05, 4.69) is 13.8 Å². The largest absolute Gasteiger partial charge is 0.481 e. The van der Waals surface area contributed by atoms with Gasteiger partial charge in [-0.3, -0.25) is 9.59 Å². The Morgan fingerprint density at radius 1 is 0.720 bits per heavy atom. The first-order valence-electron chi connectivity index (χ1n) is 10.2. The molecule has 0 aliphatic rings. The van der Waals surface area contributed by atoms with Crippen LogP contribution in [0.25, 0.3) is 0 Å². The molecule has 0 rings (SSSR count). The maximum atomic E-state index is 10.3. The van der Waals surface area contributed by atoms with Gasteiger partial charge in [0.25, 0.3) is 0 Å². The molecule has 5 heteroatoms. The zero-order valence-corrected chi connectivity index (χ0v) is 16.5. The highest BCUT2D eigenvalue weighted by molar-refractivity contribution is 5.72. The predicted molar refractivity (Wildman–Crippen MR) is 104 cm³/mol. The first-order valence-corrected chi connectivity index (χ1v) is 10.2. The molecule has 25 heavy (non-hydrogen) atoms. The van der Waals surface area contributed by atoms with Crippen molar-refractivity contribution in [1.29, 1.82) is 0 Å². The van der Waals surface area contributed by atoms with Gasteiger partial charge in [-0.05, 0) is 12.8 Å². The van der Waals surface area contributed by atoms with Gasteiger partial charge < -0.3 is 15.9 Å². The van der Waals surface area contributed by atoms with E-state index >= 15 is 0 Å². The summed E-state index contributed by atoms with van der Waals surface area (Å²) in [4.78, 5) is 20.5. The number of carboxylic acids is 2. The smallest absolute Gasteiger partial charge is 0.320 e. The van der Waals surface area contributed by atoms with Crippen LogP contribution in [-0.4, -0.2) is 28.2 Å². The minimum Gasteiger partial charge on any atom is -0.481 e. The Morgan fingerprint density at radius 2 is 1.12 bits per heavy atom. The Balaban J connectivity index is 0. The molecule has 1 atom stereocenters. The van der Waals surface area contributed by atoms with Crippen LogP contribution in [0.5, 0.6) is 0 Å². The molecule has 0 saturated carbocycles. The third kappa shape index (κ3) is 25.3. The highest BCUT2D eigenvalue weighted by Crippen LogP contribution is 2.08. The van der Waals surface area contributed by atoms with Crippen molar-refractivity contribution in [3.63, 3.8) is 0 Å². The van der Waals surface area contributed by atoms with Crippen molar-refractivity contribution in [1.82, 2.24) is 0 Å². The lowest BCUT2D eigenvalue weighted by Crippen LogP contribution is -2.29. The summed E-state index contributed by atoms with van der Waals surface area (Å²) in [5.41, 5.74) is 5.36. The van der Waals surface area contributed by atoms with Gasteiger partial charge in [-0.25, -0.2) is 0 Å². The van der Waals surface area contributed by atoms with Crippen molar-refractivity contribution >= 4 is 11.9 Å². The highest BCUT2D eigenvalue weighted by Gasteiger charge is 2.09. The Labute approximate surface area is 154 Å². The summed E-state index contributed by atoms with van der Waals surface area (Å²) in [5.74, 6) is -1.54. The number of carboxylic acid groups (broad SMARTS) is 2. The van der Waals surface area contributed by atoms with Gasteiger partial charge in [0.05, 0.1) is 0 Å². The van der Waals surface area contributed by atoms with Crippen LogP contribution < -0.4 is 5.73 Å². The Kier molecular flexibility index (Phi) is 21.9. The van der Waals surface area contributed by atoms with E-state index in [4.69, 9.17) is 15.9 Å². The van der Waals surface area contributed by atoms with Gasteiger partial charge in [-0.2, -0.15) is 0 Å². The molecule has 0 aliphatic carbocycles. The van der Waals surface area contributed by atoms with Crippen molar-refractivity contribution < 1.29 is 19.8 Å². The first kappa shape index (κ1) is 26.1. The summed E-state index contributed by atoms with van der Waals surface area (Å²) in [6.45, 7) is 4.38. The topological polar surface area (TPSA) is 101 Å². The third-order valence-corrected chi connectivity index (χ3v) is 4.18. The Hall–Kier alpha value is -1.10. The fourth-order valence-corrected chi connectivity index (χ4v) is 2.50. The summed E-state index contributed by atoms with van der Waals surface area (Å²) < 4.78 is 0. The minimum absolute atomic E-state index is 0.341. The zero-order chi connectivity index (χ0) is 19.3. The molecule has 0 bridgehead atoms. The van der Waals surface area contributed by atoms with E-state index in [1.54, 1.807) is 0 Å². The van der Waals surface area contributed by atoms with Gasteiger partial charge in [0.1, 0.15) is 6.04 Å². The van der Waals surface area contributed by atoms with Gasteiger partial charge >= 0.3 is 11.9 Å². The summed E-state index contributed by atoms with van der Waals surface area (Å²) in [6.07, 6.45) is 16.3. The lowest BCUT2D eigenvalue weighted by atomic mass is 10.1. The van der Waals surface area contributed by atoms with E-state index < -0.39 is 18.0 Å². The average molecular weight is 360 g/mol. The van der Waals surface area contributed by atoms with Crippen LogP contribution in [-0.2, 0) is 9.59 Å². The molecule has 150 valence electrons. The van der Waals surface area contributed by atoms with Crippen LogP contribution in [0.1, 0.15) is 110 Å². The minimum atomic E-state index is -0.881.